The Bertz CT molecular complexity index is 1200. The van der Waals surface area contributed by atoms with Crippen LogP contribution in [0.4, 0.5) is 29.1 Å². The zero-order chi connectivity index (χ0) is 21.3. The summed E-state index contributed by atoms with van der Waals surface area (Å²) in [6.45, 7) is 0. The minimum Gasteiger partial charge on any atom is -0.508 e. The largest absolute Gasteiger partial charge is 0.508 e. The number of imidazole rings is 1. The number of hydrogen-bond acceptors (Lipinski definition) is 5. The van der Waals surface area contributed by atoms with Crippen LogP contribution in [0.3, 0.4) is 0 Å². The van der Waals surface area contributed by atoms with Gasteiger partial charge in [-0.3, -0.25) is 4.40 Å². The molecule has 30 heavy (non-hydrogen) atoms. The van der Waals surface area contributed by atoms with Gasteiger partial charge in [-0.05, 0) is 24.3 Å². The molecular weight excluding hydrogens is 404 g/mol. The number of rotatable bonds is 6. The van der Waals surface area contributed by atoms with Gasteiger partial charge in [0.25, 0.3) is 0 Å². The maximum Gasteiger partial charge on any atom is 0.461 e. The van der Waals surface area contributed by atoms with Crippen LogP contribution in [0.25, 0.3) is 16.9 Å². The Balaban J connectivity index is 1.65. The van der Waals surface area contributed by atoms with Gasteiger partial charge in [-0.25, -0.2) is 9.97 Å². The van der Waals surface area contributed by atoms with Crippen LogP contribution in [0, 0.1) is 0 Å². The summed E-state index contributed by atoms with van der Waals surface area (Å²) in [6, 6.07) is 11.9. The molecular formula is C20H14F4N4O2. The molecule has 0 unspecified atom stereocenters. The Morgan fingerprint density at radius 2 is 1.87 bits per heavy atom. The average molecular weight is 418 g/mol. The minimum absolute atomic E-state index is 0.104. The molecule has 4 aromatic rings. The molecule has 0 amide bonds. The maximum atomic E-state index is 13.2. The Labute approximate surface area is 167 Å². The van der Waals surface area contributed by atoms with Crippen molar-refractivity contribution < 1.29 is 27.4 Å². The van der Waals surface area contributed by atoms with Crippen molar-refractivity contribution in [1.82, 2.24) is 14.4 Å². The van der Waals surface area contributed by atoms with Gasteiger partial charge in [0.1, 0.15) is 11.5 Å². The van der Waals surface area contributed by atoms with E-state index in [0.717, 1.165) is 17.7 Å². The van der Waals surface area contributed by atoms with Crippen LogP contribution in [-0.2, 0) is 0 Å². The number of ether oxygens (including phenoxy) is 1. The predicted octanol–water partition coefficient (Wildman–Crippen LogP) is 5.08. The summed E-state index contributed by atoms with van der Waals surface area (Å²) in [5, 5.41) is 12.6. The van der Waals surface area contributed by atoms with E-state index in [-0.39, 0.29) is 5.75 Å². The number of aromatic hydroxyl groups is 1. The smallest absolute Gasteiger partial charge is 0.461 e. The van der Waals surface area contributed by atoms with Crippen molar-refractivity contribution in [1.29, 1.82) is 0 Å². The highest BCUT2D eigenvalue weighted by Gasteiger charge is 2.44. The highest BCUT2D eigenvalue weighted by atomic mass is 19.3. The zero-order valence-corrected chi connectivity index (χ0v) is 15.1. The Morgan fingerprint density at radius 1 is 1.07 bits per heavy atom. The molecule has 0 aliphatic carbocycles. The van der Waals surface area contributed by atoms with Gasteiger partial charge in [0.05, 0.1) is 11.9 Å². The van der Waals surface area contributed by atoms with Crippen LogP contribution < -0.4 is 10.1 Å². The monoisotopic (exact) mass is 418 g/mol. The van der Waals surface area contributed by atoms with E-state index in [1.807, 2.05) is 0 Å². The molecule has 4 rings (SSSR count). The Hall–Kier alpha value is -3.82. The van der Waals surface area contributed by atoms with Crippen molar-refractivity contribution in [2.45, 2.75) is 12.5 Å². The number of hydrogen-bond donors (Lipinski definition) is 2. The molecule has 2 heterocycles. The zero-order valence-electron chi connectivity index (χ0n) is 15.1. The van der Waals surface area contributed by atoms with Crippen LogP contribution in [-0.4, -0.2) is 32.0 Å². The third-order valence-electron chi connectivity index (χ3n) is 4.17. The summed E-state index contributed by atoms with van der Waals surface area (Å²) in [4.78, 5) is 8.54. The second-order valence-corrected chi connectivity index (χ2v) is 6.28. The fraction of sp³-hybridized carbons (Fsp3) is 0.100. The highest BCUT2D eigenvalue weighted by Crippen LogP contribution is 2.31. The van der Waals surface area contributed by atoms with Gasteiger partial charge in [-0.1, -0.05) is 18.2 Å². The van der Waals surface area contributed by atoms with E-state index in [0.29, 0.717) is 22.8 Å². The lowest BCUT2D eigenvalue weighted by Crippen LogP contribution is -2.33. The Morgan fingerprint density at radius 3 is 2.63 bits per heavy atom. The number of phenols is 1. The van der Waals surface area contributed by atoms with E-state index >= 15 is 0 Å². The number of phenolic OH excluding ortho intramolecular Hbond substituents is 1. The lowest BCUT2D eigenvalue weighted by molar-refractivity contribution is -0.253. The van der Waals surface area contributed by atoms with Crippen LogP contribution in [0.1, 0.15) is 0 Å². The van der Waals surface area contributed by atoms with Gasteiger partial charge in [0.15, 0.2) is 11.5 Å². The molecule has 154 valence electrons. The summed E-state index contributed by atoms with van der Waals surface area (Å²) < 4.78 is 56.9. The SMILES string of the molecule is Oc1cccc(-c2cnc3c(Nc4cccc(OC(F)(F)C(F)F)c4)nccn23)c1. The van der Waals surface area contributed by atoms with E-state index in [9.17, 15) is 22.7 Å². The van der Waals surface area contributed by atoms with Gasteiger partial charge in [0, 0.05) is 29.7 Å². The average Bonchev–Trinajstić information content (AvgIpc) is 3.13. The summed E-state index contributed by atoms with van der Waals surface area (Å²) >= 11 is 0. The van der Waals surface area contributed by atoms with Crippen LogP contribution in [0.15, 0.2) is 67.1 Å². The lowest BCUT2D eigenvalue weighted by Gasteiger charge is -2.17. The van der Waals surface area contributed by atoms with Gasteiger partial charge in [-0.2, -0.15) is 17.6 Å². The molecule has 0 saturated carbocycles. The summed E-state index contributed by atoms with van der Waals surface area (Å²) in [7, 11) is 0. The van der Waals surface area contributed by atoms with E-state index < -0.39 is 18.3 Å². The Kier molecular flexibility index (Phi) is 4.90. The number of benzene rings is 2. The van der Waals surface area contributed by atoms with E-state index in [2.05, 4.69) is 20.0 Å². The van der Waals surface area contributed by atoms with Gasteiger partial charge in [0.2, 0.25) is 0 Å². The maximum absolute atomic E-state index is 13.2. The van der Waals surface area contributed by atoms with Crippen molar-refractivity contribution >= 4 is 17.2 Å². The van der Waals surface area contributed by atoms with Gasteiger partial charge in [-0.15, -0.1) is 0 Å². The number of anilines is 2. The second kappa shape index (κ2) is 7.54. The molecule has 0 saturated heterocycles. The standard InChI is InChI=1S/C20H14F4N4O2/c21-19(22)20(23,24)30-15-6-2-4-13(10-15)27-17-18-26-11-16(28(18)8-7-25-17)12-3-1-5-14(29)9-12/h1-11,19,29H,(H,25,27). The third kappa shape index (κ3) is 3.84. The fourth-order valence-corrected chi connectivity index (χ4v) is 2.86. The summed E-state index contributed by atoms with van der Waals surface area (Å²) in [5.74, 6) is -0.0185. The van der Waals surface area contributed by atoms with Gasteiger partial charge >= 0.3 is 12.5 Å². The molecule has 0 spiro atoms. The first-order chi connectivity index (χ1) is 14.3. The van der Waals surface area contributed by atoms with E-state index in [1.165, 1.54) is 18.3 Å². The summed E-state index contributed by atoms with van der Waals surface area (Å²) in [6.07, 6.45) is -3.77. The van der Waals surface area contributed by atoms with Crippen LogP contribution in [0.5, 0.6) is 11.5 Å². The van der Waals surface area contributed by atoms with Crippen molar-refractivity contribution in [2.75, 3.05) is 5.32 Å². The molecule has 0 radical (unpaired) electrons. The molecule has 10 heteroatoms. The number of fused-ring (bicyclic) bond motifs is 1. The van der Waals surface area contributed by atoms with E-state index in [4.69, 9.17) is 0 Å². The molecule has 0 fully saturated rings. The molecule has 2 aromatic carbocycles. The molecule has 0 aliphatic heterocycles. The van der Waals surface area contributed by atoms with Crippen molar-refractivity contribution in [3.05, 3.63) is 67.1 Å². The topological polar surface area (TPSA) is 71.7 Å². The van der Waals surface area contributed by atoms with Crippen molar-refractivity contribution in [3.63, 3.8) is 0 Å². The molecule has 0 atom stereocenters. The molecule has 6 nitrogen and oxygen atoms in total. The second-order valence-electron chi connectivity index (χ2n) is 6.28. The molecule has 0 aliphatic rings. The fourth-order valence-electron chi connectivity index (χ4n) is 2.86. The third-order valence-corrected chi connectivity index (χ3v) is 4.17. The first kappa shape index (κ1) is 19.5. The molecule has 2 N–H and O–H groups in total. The highest BCUT2D eigenvalue weighted by molar-refractivity contribution is 5.74. The van der Waals surface area contributed by atoms with Gasteiger partial charge < -0.3 is 15.2 Å². The quantitative estimate of drug-likeness (QED) is 0.427. The van der Waals surface area contributed by atoms with Crippen LogP contribution in [0.2, 0.25) is 0 Å². The van der Waals surface area contributed by atoms with Crippen LogP contribution >= 0.6 is 0 Å². The molecule has 0 bridgehead atoms. The predicted molar refractivity (Wildman–Crippen MR) is 101 cm³/mol. The summed E-state index contributed by atoms with van der Waals surface area (Å²) in [5.41, 5.74) is 2.14. The van der Waals surface area contributed by atoms with E-state index in [1.54, 1.807) is 41.1 Å². The first-order valence-electron chi connectivity index (χ1n) is 8.67. The van der Waals surface area contributed by atoms with Crippen molar-refractivity contribution in [2.24, 2.45) is 0 Å². The number of halogens is 4. The number of aromatic nitrogens is 3. The normalized spacial score (nSPS) is 11.8. The number of alkyl halides is 4. The van der Waals surface area contributed by atoms with Crippen molar-refractivity contribution in [3.8, 4) is 22.8 Å². The number of nitrogens with one attached hydrogen (secondary N) is 1. The minimum atomic E-state index is -4.60. The molecule has 2 aromatic heterocycles. The lowest BCUT2D eigenvalue weighted by atomic mass is 10.1. The first-order valence-corrected chi connectivity index (χ1v) is 8.67. The number of nitrogens with zero attached hydrogens (tertiary/aromatic N) is 3.